The number of pyridine rings is 1. The van der Waals surface area contributed by atoms with Crippen LogP contribution in [0.2, 0.25) is 5.02 Å². The molecule has 2 rings (SSSR count). The van der Waals surface area contributed by atoms with Crippen LogP contribution in [0.25, 0.3) is 0 Å². The minimum absolute atomic E-state index is 0.0203. The number of anilines is 1. The van der Waals surface area contributed by atoms with Crippen molar-refractivity contribution in [2.24, 2.45) is 0 Å². The predicted octanol–water partition coefficient (Wildman–Crippen LogP) is 2.62. The van der Waals surface area contributed by atoms with E-state index in [0.29, 0.717) is 11.3 Å². The van der Waals surface area contributed by atoms with Gasteiger partial charge in [0.1, 0.15) is 5.82 Å². The fraction of sp³-hybridized carbons (Fsp3) is 0.0769. The summed E-state index contributed by atoms with van der Waals surface area (Å²) >= 11 is 5.80. The van der Waals surface area contributed by atoms with E-state index >= 15 is 0 Å². The van der Waals surface area contributed by atoms with Gasteiger partial charge in [0.25, 0.3) is 5.91 Å². The maximum Gasteiger partial charge on any atom is 0.257 e. The molecule has 0 aliphatic heterocycles. The maximum absolute atomic E-state index is 12.9. The lowest BCUT2D eigenvalue weighted by atomic mass is 10.2. The van der Waals surface area contributed by atoms with Crippen molar-refractivity contribution in [2.75, 3.05) is 5.32 Å². The first-order valence-corrected chi connectivity index (χ1v) is 5.79. The van der Waals surface area contributed by atoms with Gasteiger partial charge in [0, 0.05) is 11.8 Å². The molecule has 19 heavy (non-hydrogen) atoms. The lowest BCUT2D eigenvalue weighted by molar-refractivity contribution is 0.102. The molecule has 6 heteroatoms. The van der Waals surface area contributed by atoms with Crippen LogP contribution in [0.5, 0.6) is 0 Å². The summed E-state index contributed by atoms with van der Waals surface area (Å²) < 4.78 is 12.9. The summed E-state index contributed by atoms with van der Waals surface area (Å²) in [6, 6.07) is 5.09. The standard InChI is InChI=1S/C13H10ClFN2O2/c14-11-5-9(15)1-2-10(11)13(19)17-12-6-16-4-3-8(12)7-18/h1-6,18H,7H2,(H,17,19). The number of amides is 1. The number of aliphatic hydroxyl groups is 1. The zero-order valence-electron chi connectivity index (χ0n) is 9.73. The minimum Gasteiger partial charge on any atom is -0.392 e. The van der Waals surface area contributed by atoms with E-state index in [0.717, 1.165) is 12.1 Å². The molecule has 0 bridgehead atoms. The van der Waals surface area contributed by atoms with Gasteiger partial charge in [-0.15, -0.1) is 0 Å². The molecule has 0 radical (unpaired) electrons. The van der Waals surface area contributed by atoms with Crippen LogP contribution in [0, 0.1) is 5.82 Å². The van der Waals surface area contributed by atoms with Gasteiger partial charge in [-0.25, -0.2) is 4.39 Å². The number of hydrogen-bond donors (Lipinski definition) is 2. The largest absolute Gasteiger partial charge is 0.392 e. The second kappa shape index (κ2) is 5.77. The Morgan fingerprint density at radius 1 is 1.42 bits per heavy atom. The zero-order chi connectivity index (χ0) is 13.8. The Morgan fingerprint density at radius 2 is 2.21 bits per heavy atom. The monoisotopic (exact) mass is 280 g/mol. The van der Waals surface area contributed by atoms with Gasteiger partial charge in [-0.05, 0) is 24.3 Å². The number of aliphatic hydroxyl groups excluding tert-OH is 1. The SMILES string of the molecule is O=C(Nc1cnccc1CO)c1ccc(F)cc1Cl. The Kier molecular flexibility index (Phi) is 4.09. The normalized spacial score (nSPS) is 10.3. The molecule has 2 N–H and O–H groups in total. The summed E-state index contributed by atoms with van der Waals surface area (Å²) in [5.41, 5.74) is 1.06. The van der Waals surface area contributed by atoms with E-state index in [-0.39, 0.29) is 17.2 Å². The average Bonchev–Trinajstić information content (AvgIpc) is 2.39. The van der Waals surface area contributed by atoms with Crippen LogP contribution in [0.15, 0.2) is 36.7 Å². The van der Waals surface area contributed by atoms with Gasteiger partial charge >= 0.3 is 0 Å². The number of rotatable bonds is 3. The molecule has 0 saturated carbocycles. The molecule has 1 aromatic heterocycles. The third-order valence-corrected chi connectivity index (χ3v) is 2.82. The van der Waals surface area contributed by atoms with E-state index in [1.807, 2.05) is 0 Å². The fourth-order valence-corrected chi connectivity index (χ4v) is 1.79. The Labute approximate surface area is 113 Å². The van der Waals surface area contributed by atoms with Crippen LogP contribution < -0.4 is 5.32 Å². The van der Waals surface area contributed by atoms with E-state index in [9.17, 15) is 9.18 Å². The van der Waals surface area contributed by atoms with Crippen LogP contribution in [0.4, 0.5) is 10.1 Å². The lowest BCUT2D eigenvalue weighted by Crippen LogP contribution is -2.14. The second-order valence-electron chi connectivity index (χ2n) is 3.77. The number of halogens is 2. The van der Waals surface area contributed by atoms with Crippen LogP contribution in [0.3, 0.4) is 0 Å². The van der Waals surface area contributed by atoms with Gasteiger partial charge in [-0.2, -0.15) is 0 Å². The molecular formula is C13H10ClFN2O2. The first kappa shape index (κ1) is 13.5. The summed E-state index contributed by atoms with van der Waals surface area (Å²) in [5, 5.41) is 11.7. The fourth-order valence-electron chi connectivity index (χ4n) is 1.54. The quantitative estimate of drug-likeness (QED) is 0.908. The summed E-state index contributed by atoms with van der Waals surface area (Å²) in [6.07, 6.45) is 2.92. The third-order valence-electron chi connectivity index (χ3n) is 2.51. The van der Waals surface area contributed by atoms with E-state index in [1.54, 1.807) is 6.07 Å². The van der Waals surface area contributed by atoms with Crippen molar-refractivity contribution < 1.29 is 14.3 Å². The first-order valence-electron chi connectivity index (χ1n) is 5.42. The van der Waals surface area contributed by atoms with Gasteiger partial charge in [-0.1, -0.05) is 11.6 Å². The molecule has 0 aliphatic rings. The van der Waals surface area contributed by atoms with Crippen molar-refractivity contribution >= 4 is 23.2 Å². The molecule has 0 fully saturated rings. The number of nitrogens with one attached hydrogen (secondary N) is 1. The van der Waals surface area contributed by atoms with Gasteiger partial charge in [0.2, 0.25) is 0 Å². The molecule has 0 saturated heterocycles. The van der Waals surface area contributed by atoms with Crippen molar-refractivity contribution in [3.63, 3.8) is 0 Å². The molecule has 0 atom stereocenters. The third kappa shape index (κ3) is 3.07. The summed E-state index contributed by atoms with van der Waals surface area (Å²) in [6.45, 7) is -0.227. The van der Waals surface area contributed by atoms with Crippen molar-refractivity contribution in [3.8, 4) is 0 Å². The van der Waals surface area contributed by atoms with Gasteiger partial charge in [0.05, 0.1) is 29.1 Å². The van der Waals surface area contributed by atoms with Crippen LogP contribution in [-0.2, 0) is 6.61 Å². The van der Waals surface area contributed by atoms with Crippen LogP contribution in [-0.4, -0.2) is 16.0 Å². The summed E-state index contributed by atoms with van der Waals surface area (Å²) in [5.74, 6) is -1.01. The first-order chi connectivity index (χ1) is 9.11. The number of nitrogens with zero attached hydrogens (tertiary/aromatic N) is 1. The number of aromatic nitrogens is 1. The highest BCUT2D eigenvalue weighted by Gasteiger charge is 2.13. The molecule has 0 aliphatic carbocycles. The van der Waals surface area contributed by atoms with E-state index in [2.05, 4.69) is 10.3 Å². The second-order valence-corrected chi connectivity index (χ2v) is 4.18. The van der Waals surface area contributed by atoms with Crippen molar-refractivity contribution in [3.05, 3.63) is 58.6 Å². The lowest BCUT2D eigenvalue weighted by Gasteiger charge is -2.09. The predicted molar refractivity (Wildman–Crippen MR) is 69.5 cm³/mol. The molecule has 0 spiro atoms. The number of carbonyl (C=O) groups excluding carboxylic acids is 1. The average molecular weight is 281 g/mol. The van der Waals surface area contributed by atoms with E-state index < -0.39 is 11.7 Å². The maximum atomic E-state index is 12.9. The number of benzene rings is 1. The molecular weight excluding hydrogens is 271 g/mol. The molecule has 2 aromatic rings. The van der Waals surface area contributed by atoms with E-state index in [4.69, 9.17) is 16.7 Å². The molecule has 98 valence electrons. The molecule has 4 nitrogen and oxygen atoms in total. The Hall–Kier alpha value is -1.98. The topological polar surface area (TPSA) is 62.2 Å². The molecule has 0 unspecified atom stereocenters. The summed E-state index contributed by atoms with van der Waals surface area (Å²) in [4.78, 5) is 15.8. The highest BCUT2D eigenvalue weighted by atomic mass is 35.5. The van der Waals surface area contributed by atoms with Gasteiger partial charge in [0.15, 0.2) is 0 Å². The number of hydrogen-bond acceptors (Lipinski definition) is 3. The van der Waals surface area contributed by atoms with Crippen LogP contribution in [0.1, 0.15) is 15.9 Å². The van der Waals surface area contributed by atoms with E-state index in [1.165, 1.54) is 18.5 Å². The highest BCUT2D eigenvalue weighted by molar-refractivity contribution is 6.34. The van der Waals surface area contributed by atoms with Crippen molar-refractivity contribution in [2.45, 2.75) is 6.61 Å². The molecule has 1 amide bonds. The van der Waals surface area contributed by atoms with Gasteiger partial charge in [-0.3, -0.25) is 9.78 Å². The zero-order valence-corrected chi connectivity index (χ0v) is 10.5. The van der Waals surface area contributed by atoms with Crippen molar-refractivity contribution in [1.82, 2.24) is 4.98 Å². The van der Waals surface area contributed by atoms with Crippen LogP contribution >= 0.6 is 11.6 Å². The van der Waals surface area contributed by atoms with Gasteiger partial charge < -0.3 is 10.4 Å². The number of carbonyl (C=O) groups is 1. The smallest absolute Gasteiger partial charge is 0.257 e. The molecule has 1 aromatic carbocycles. The Bertz CT molecular complexity index is 619. The summed E-state index contributed by atoms with van der Waals surface area (Å²) in [7, 11) is 0. The minimum atomic E-state index is -0.515. The molecule has 1 heterocycles. The Morgan fingerprint density at radius 3 is 2.89 bits per heavy atom. The van der Waals surface area contributed by atoms with Crippen molar-refractivity contribution in [1.29, 1.82) is 0 Å². The highest BCUT2D eigenvalue weighted by Crippen LogP contribution is 2.20. The Balaban J connectivity index is 2.26.